The lowest BCUT2D eigenvalue weighted by atomic mass is 9.81. The van der Waals surface area contributed by atoms with Crippen molar-refractivity contribution in [1.82, 2.24) is 5.32 Å². The first-order chi connectivity index (χ1) is 9.29. The Bertz CT molecular complexity index is 355. The zero-order valence-electron chi connectivity index (χ0n) is 12.2. The number of anilines is 1. The molecule has 1 N–H and O–H groups in total. The maximum Gasteiger partial charge on any atom is 0.0551 e. The van der Waals surface area contributed by atoms with E-state index in [0.29, 0.717) is 0 Å². The first-order valence-corrected chi connectivity index (χ1v) is 7.32. The summed E-state index contributed by atoms with van der Waals surface area (Å²) in [5, 5.41) is 3.35. The SMILES string of the molecule is CCN(CC1(CNC)CCCOC1)c1ccccc1. The van der Waals surface area contributed by atoms with E-state index in [0.717, 1.165) is 32.8 Å². The summed E-state index contributed by atoms with van der Waals surface area (Å²) in [7, 11) is 2.04. The second-order valence-electron chi connectivity index (χ2n) is 5.54. The molecule has 1 saturated heterocycles. The minimum Gasteiger partial charge on any atom is -0.381 e. The van der Waals surface area contributed by atoms with Gasteiger partial charge in [-0.05, 0) is 38.9 Å². The third-order valence-corrected chi connectivity index (χ3v) is 3.99. The summed E-state index contributed by atoms with van der Waals surface area (Å²) < 4.78 is 5.75. The van der Waals surface area contributed by atoms with E-state index in [2.05, 4.69) is 47.5 Å². The summed E-state index contributed by atoms with van der Waals surface area (Å²) in [6.07, 6.45) is 2.42. The molecular weight excluding hydrogens is 236 g/mol. The highest BCUT2D eigenvalue weighted by molar-refractivity contribution is 5.46. The minimum atomic E-state index is 0.249. The van der Waals surface area contributed by atoms with Crippen LogP contribution in [-0.4, -0.2) is 39.9 Å². The molecule has 1 aliphatic rings. The maximum absolute atomic E-state index is 5.75. The number of rotatable bonds is 6. The van der Waals surface area contributed by atoms with Gasteiger partial charge in [-0.15, -0.1) is 0 Å². The standard InChI is InChI=1S/C16H26N2O/c1-3-18(15-8-5-4-6-9-15)13-16(12-17-2)10-7-11-19-14-16/h4-6,8-9,17H,3,7,10-14H2,1-2H3. The largest absolute Gasteiger partial charge is 0.381 e. The molecular formula is C16H26N2O. The van der Waals surface area contributed by atoms with Gasteiger partial charge in [0.15, 0.2) is 0 Å². The number of benzene rings is 1. The highest BCUT2D eigenvalue weighted by Crippen LogP contribution is 2.30. The second-order valence-corrected chi connectivity index (χ2v) is 5.54. The van der Waals surface area contributed by atoms with Crippen LogP contribution in [0.2, 0.25) is 0 Å². The van der Waals surface area contributed by atoms with Gasteiger partial charge < -0.3 is 15.0 Å². The molecule has 3 heteroatoms. The van der Waals surface area contributed by atoms with Crippen LogP contribution in [0, 0.1) is 5.41 Å². The van der Waals surface area contributed by atoms with Crippen molar-refractivity contribution >= 4 is 5.69 Å². The quantitative estimate of drug-likeness (QED) is 0.852. The second kappa shape index (κ2) is 6.92. The summed E-state index contributed by atoms with van der Waals surface area (Å²) in [6.45, 7) is 7.14. The Morgan fingerprint density at radius 1 is 1.32 bits per heavy atom. The van der Waals surface area contributed by atoms with E-state index in [9.17, 15) is 0 Å². The van der Waals surface area contributed by atoms with E-state index in [4.69, 9.17) is 4.74 Å². The molecule has 1 aliphatic heterocycles. The Kier molecular flexibility index (Phi) is 5.23. The van der Waals surface area contributed by atoms with E-state index < -0.39 is 0 Å². The molecule has 0 spiro atoms. The monoisotopic (exact) mass is 262 g/mol. The molecule has 1 unspecified atom stereocenters. The molecule has 1 atom stereocenters. The fourth-order valence-electron chi connectivity index (χ4n) is 3.03. The van der Waals surface area contributed by atoms with Gasteiger partial charge in [0, 0.05) is 37.3 Å². The van der Waals surface area contributed by atoms with E-state index in [-0.39, 0.29) is 5.41 Å². The fourth-order valence-corrected chi connectivity index (χ4v) is 3.03. The first kappa shape index (κ1) is 14.4. The number of nitrogens with one attached hydrogen (secondary N) is 1. The molecule has 19 heavy (non-hydrogen) atoms. The Morgan fingerprint density at radius 2 is 2.11 bits per heavy atom. The van der Waals surface area contributed by atoms with Crippen molar-refractivity contribution in [3.63, 3.8) is 0 Å². The molecule has 106 valence electrons. The number of hydrogen-bond acceptors (Lipinski definition) is 3. The van der Waals surface area contributed by atoms with Crippen molar-refractivity contribution in [3.05, 3.63) is 30.3 Å². The number of ether oxygens (including phenoxy) is 1. The fraction of sp³-hybridized carbons (Fsp3) is 0.625. The molecule has 2 rings (SSSR count). The van der Waals surface area contributed by atoms with E-state index in [1.807, 2.05) is 7.05 Å². The van der Waals surface area contributed by atoms with Crippen LogP contribution in [0.15, 0.2) is 30.3 Å². The average molecular weight is 262 g/mol. The van der Waals surface area contributed by atoms with Gasteiger partial charge in [-0.3, -0.25) is 0 Å². The minimum absolute atomic E-state index is 0.249. The van der Waals surface area contributed by atoms with Crippen molar-refractivity contribution in [1.29, 1.82) is 0 Å². The predicted molar refractivity (Wildman–Crippen MR) is 80.7 cm³/mol. The van der Waals surface area contributed by atoms with Crippen molar-refractivity contribution in [3.8, 4) is 0 Å². The smallest absolute Gasteiger partial charge is 0.0551 e. The van der Waals surface area contributed by atoms with Gasteiger partial charge in [-0.1, -0.05) is 18.2 Å². The van der Waals surface area contributed by atoms with Crippen LogP contribution in [-0.2, 0) is 4.74 Å². The van der Waals surface area contributed by atoms with Crippen LogP contribution in [0.4, 0.5) is 5.69 Å². The van der Waals surface area contributed by atoms with Crippen LogP contribution < -0.4 is 10.2 Å². The summed E-state index contributed by atoms with van der Waals surface area (Å²) in [4.78, 5) is 2.46. The number of para-hydroxylation sites is 1. The van der Waals surface area contributed by atoms with Crippen molar-refractivity contribution in [2.24, 2.45) is 5.41 Å². The van der Waals surface area contributed by atoms with Gasteiger partial charge in [0.25, 0.3) is 0 Å². The van der Waals surface area contributed by atoms with Gasteiger partial charge in [0.05, 0.1) is 6.61 Å². The molecule has 0 aromatic heterocycles. The molecule has 0 radical (unpaired) electrons. The van der Waals surface area contributed by atoms with Crippen LogP contribution in [0.25, 0.3) is 0 Å². The zero-order chi connectivity index (χ0) is 13.6. The Labute approximate surface area is 116 Å². The predicted octanol–water partition coefficient (Wildman–Crippen LogP) is 2.53. The Morgan fingerprint density at radius 3 is 2.68 bits per heavy atom. The molecule has 1 heterocycles. The Hall–Kier alpha value is -1.06. The number of nitrogens with zero attached hydrogens (tertiary/aromatic N) is 1. The van der Waals surface area contributed by atoms with Gasteiger partial charge in [0.1, 0.15) is 0 Å². The summed E-state index contributed by atoms with van der Waals surface area (Å²) >= 11 is 0. The normalized spacial score (nSPS) is 23.3. The molecule has 3 nitrogen and oxygen atoms in total. The molecule has 0 amide bonds. The van der Waals surface area contributed by atoms with E-state index in [1.165, 1.54) is 18.5 Å². The molecule has 1 fully saturated rings. The van der Waals surface area contributed by atoms with Crippen molar-refractivity contribution in [2.75, 3.05) is 44.8 Å². The van der Waals surface area contributed by atoms with E-state index in [1.54, 1.807) is 0 Å². The maximum atomic E-state index is 5.75. The van der Waals surface area contributed by atoms with Crippen LogP contribution in [0.3, 0.4) is 0 Å². The molecule has 0 saturated carbocycles. The van der Waals surface area contributed by atoms with E-state index >= 15 is 0 Å². The summed E-state index contributed by atoms with van der Waals surface area (Å²) in [5.74, 6) is 0. The lowest BCUT2D eigenvalue weighted by molar-refractivity contribution is -0.00224. The highest BCUT2D eigenvalue weighted by atomic mass is 16.5. The zero-order valence-corrected chi connectivity index (χ0v) is 12.2. The average Bonchev–Trinajstić information content (AvgIpc) is 2.47. The summed E-state index contributed by atoms with van der Waals surface area (Å²) in [5.41, 5.74) is 1.56. The third-order valence-electron chi connectivity index (χ3n) is 3.99. The van der Waals surface area contributed by atoms with Crippen molar-refractivity contribution < 1.29 is 4.74 Å². The molecule has 0 aliphatic carbocycles. The van der Waals surface area contributed by atoms with Crippen LogP contribution in [0.1, 0.15) is 19.8 Å². The van der Waals surface area contributed by atoms with Gasteiger partial charge in [-0.2, -0.15) is 0 Å². The summed E-state index contributed by atoms with van der Waals surface area (Å²) in [6, 6.07) is 10.7. The van der Waals surface area contributed by atoms with Gasteiger partial charge in [-0.25, -0.2) is 0 Å². The lowest BCUT2D eigenvalue weighted by Crippen LogP contribution is -2.48. The van der Waals surface area contributed by atoms with Crippen molar-refractivity contribution in [2.45, 2.75) is 19.8 Å². The molecule has 1 aromatic rings. The topological polar surface area (TPSA) is 24.5 Å². The van der Waals surface area contributed by atoms with Crippen LogP contribution >= 0.6 is 0 Å². The third kappa shape index (κ3) is 3.71. The Balaban J connectivity index is 2.10. The van der Waals surface area contributed by atoms with Gasteiger partial charge in [0.2, 0.25) is 0 Å². The number of hydrogen-bond donors (Lipinski definition) is 1. The molecule has 1 aromatic carbocycles. The van der Waals surface area contributed by atoms with Crippen LogP contribution in [0.5, 0.6) is 0 Å². The van der Waals surface area contributed by atoms with Gasteiger partial charge >= 0.3 is 0 Å². The first-order valence-electron chi connectivity index (χ1n) is 7.32. The highest BCUT2D eigenvalue weighted by Gasteiger charge is 2.34. The lowest BCUT2D eigenvalue weighted by Gasteiger charge is -2.41. The molecule has 0 bridgehead atoms.